The summed E-state index contributed by atoms with van der Waals surface area (Å²) in [6.45, 7) is 6.74. The number of rotatable bonds is 1. The van der Waals surface area contributed by atoms with Crippen LogP contribution in [-0.4, -0.2) is 47.8 Å². The standard InChI is InChI=1S/C26H26N4O2/c1-18-7-10-20(11-8-18)27-26(31)30-15-13-29(14-16-30)25-21-5-3-4-6-23(21)32-24-17-19(2)9-12-22(24)28-25/h3-12,17H,13-16H2,1-2H3,(H,27,31). The number of nitrogens with one attached hydrogen (secondary N) is 1. The maximum absolute atomic E-state index is 12.7. The maximum Gasteiger partial charge on any atom is 0.321 e. The minimum atomic E-state index is -0.0686. The molecule has 1 N–H and O–H groups in total. The van der Waals surface area contributed by atoms with E-state index in [4.69, 9.17) is 9.73 Å². The number of aliphatic imine (C=N–C) groups is 1. The molecular weight excluding hydrogens is 400 g/mol. The van der Waals surface area contributed by atoms with E-state index < -0.39 is 0 Å². The molecule has 2 aliphatic heterocycles. The number of aryl methyl sites for hydroxylation is 2. The number of carbonyl (C=O) groups is 1. The lowest BCUT2D eigenvalue weighted by atomic mass is 10.1. The molecule has 6 nitrogen and oxygen atoms in total. The number of amidine groups is 1. The molecule has 1 fully saturated rings. The van der Waals surface area contributed by atoms with E-state index in [0.717, 1.165) is 39.8 Å². The van der Waals surface area contributed by atoms with Gasteiger partial charge < -0.3 is 19.9 Å². The molecule has 0 atom stereocenters. The lowest BCUT2D eigenvalue weighted by Gasteiger charge is -2.36. The summed E-state index contributed by atoms with van der Waals surface area (Å²) in [5.41, 5.74) is 4.91. The fourth-order valence-electron chi connectivity index (χ4n) is 4.03. The van der Waals surface area contributed by atoms with Gasteiger partial charge in [-0.1, -0.05) is 35.9 Å². The minimum absolute atomic E-state index is 0.0686. The van der Waals surface area contributed by atoms with Gasteiger partial charge in [0.1, 0.15) is 17.3 Å². The average molecular weight is 427 g/mol. The van der Waals surface area contributed by atoms with Crippen molar-refractivity contribution < 1.29 is 9.53 Å². The van der Waals surface area contributed by atoms with Crippen molar-refractivity contribution in [1.29, 1.82) is 0 Å². The summed E-state index contributed by atoms with van der Waals surface area (Å²) in [6, 6.07) is 21.9. The Kier molecular flexibility index (Phi) is 5.27. The number of anilines is 1. The summed E-state index contributed by atoms with van der Waals surface area (Å²) >= 11 is 0. The number of nitrogens with zero attached hydrogens (tertiary/aromatic N) is 3. The largest absolute Gasteiger partial charge is 0.454 e. The molecule has 0 radical (unpaired) electrons. The monoisotopic (exact) mass is 426 g/mol. The summed E-state index contributed by atoms with van der Waals surface area (Å²) in [4.78, 5) is 21.8. The van der Waals surface area contributed by atoms with Gasteiger partial charge >= 0.3 is 6.03 Å². The molecule has 0 bridgehead atoms. The number of piperazine rings is 1. The Hall–Kier alpha value is -3.80. The van der Waals surface area contributed by atoms with Gasteiger partial charge in [-0.25, -0.2) is 9.79 Å². The van der Waals surface area contributed by atoms with Gasteiger partial charge in [0.15, 0.2) is 5.75 Å². The summed E-state index contributed by atoms with van der Waals surface area (Å²) in [5.74, 6) is 2.46. The van der Waals surface area contributed by atoms with Gasteiger partial charge in [-0.3, -0.25) is 0 Å². The Morgan fingerprint density at radius 3 is 2.38 bits per heavy atom. The van der Waals surface area contributed by atoms with Crippen LogP contribution in [0.5, 0.6) is 11.5 Å². The van der Waals surface area contributed by atoms with Gasteiger partial charge in [-0.05, 0) is 55.8 Å². The van der Waals surface area contributed by atoms with E-state index in [1.165, 1.54) is 5.56 Å². The predicted octanol–water partition coefficient (Wildman–Crippen LogP) is 5.34. The second-order valence-corrected chi connectivity index (χ2v) is 8.28. The van der Waals surface area contributed by atoms with Crippen molar-refractivity contribution >= 4 is 23.2 Å². The van der Waals surface area contributed by atoms with Gasteiger partial charge in [0.25, 0.3) is 0 Å². The minimum Gasteiger partial charge on any atom is -0.454 e. The Morgan fingerprint density at radius 1 is 0.875 bits per heavy atom. The van der Waals surface area contributed by atoms with Crippen molar-refractivity contribution in [3.8, 4) is 11.5 Å². The molecule has 3 aromatic carbocycles. The van der Waals surface area contributed by atoms with Crippen molar-refractivity contribution in [2.45, 2.75) is 13.8 Å². The van der Waals surface area contributed by atoms with Crippen LogP contribution >= 0.6 is 0 Å². The van der Waals surface area contributed by atoms with E-state index in [2.05, 4.69) is 10.2 Å². The molecule has 1 saturated heterocycles. The maximum atomic E-state index is 12.7. The Morgan fingerprint density at radius 2 is 1.59 bits per heavy atom. The van der Waals surface area contributed by atoms with Crippen LogP contribution in [0, 0.1) is 13.8 Å². The third-order valence-corrected chi connectivity index (χ3v) is 5.86. The van der Waals surface area contributed by atoms with Crippen LogP contribution in [0.25, 0.3) is 0 Å². The number of carbonyl (C=O) groups excluding carboxylic acids is 1. The first-order valence-electron chi connectivity index (χ1n) is 10.9. The average Bonchev–Trinajstić information content (AvgIpc) is 2.97. The van der Waals surface area contributed by atoms with Crippen LogP contribution in [-0.2, 0) is 0 Å². The molecule has 0 aromatic heterocycles. The summed E-state index contributed by atoms with van der Waals surface area (Å²) in [6.07, 6.45) is 0. The molecule has 0 spiro atoms. The highest BCUT2D eigenvalue weighted by molar-refractivity contribution is 6.04. The van der Waals surface area contributed by atoms with Gasteiger partial charge in [0.05, 0.1) is 5.56 Å². The molecule has 0 unspecified atom stereocenters. The topological polar surface area (TPSA) is 57.2 Å². The number of hydrogen-bond donors (Lipinski definition) is 1. The Balaban J connectivity index is 1.34. The van der Waals surface area contributed by atoms with E-state index in [-0.39, 0.29) is 6.03 Å². The van der Waals surface area contributed by atoms with Crippen molar-refractivity contribution in [1.82, 2.24) is 9.80 Å². The lowest BCUT2D eigenvalue weighted by molar-refractivity contribution is 0.181. The normalized spacial score (nSPS) is 15.1. The highest BCUT2D eigenvalue weighted by atomic mass is 16.5. The van der Waals surface area contributed by atoms with Gasteiger partial charge in [-0.15, -0.1) is 0 Å². The first-order chi connectivity index (χ1) is 15.6. The molecule has 162 valence electrons. The molecule has 6 heteroatoms. The zero-order valence-corrected chi connectivity index (χ0v) is 18.3. The molecule has 3 aromatic rings. The highest BCUT2D eigenvalue weighted by Crippen LogP contribution is 2.38. The van der Waals surface area contributed by atoms with Crippen LogP contribution in [0.3, 0.4) is 0 Å². The smallest absolute Gasteiger partial charge is 0.321 e. The number of urea groups is 1. The van der Waals surface area contributed by atoms with Crippen molar-refractivity contribution in [3.05, 3.63) is 83.4 Å². The highest BCUT2D eigenvalue weighted by Gasteiger charge is 2.27. The molecule has 0 saturated carbocycles. The summed E-state index contributed by atoms with van der Waals surface area (Å²) in [7, 11) is 0. The van der Waals surface area contributed by atoms with Crippen molar-refractivity contribution in [3.63, 3.8) is 0 Å². The predicted molar refractivity (Wildman–Crippen MR) is 127 cm³/mol. The third kappa shape index (κ3) is 4.04. The fraction of sp³-hybridized carbons (Fsp3) is 0.231. The molecule has 2 aliphatic rings. The molecule has 0 aliphatic carbocycles. The SMILES string of the molecule is Cc1ccc(NC(=O)N2CCN(C3=Nc4ccc(C)cc4Oc4ccccc43)CC2)cc1. The van der Waals surface area contributed by atoms with Crippen LogP contribution < -0.4 is 10.1 Å². The Bertz CT molecular complexity index is 1180. The van der Waals surface area contributed by atoms with E-state index in [1.807, 2.05) is 85.5 Å². The Labute approximate surface area is 188 Å². The lowest BCUT2D eigenvalue weighted by Crippen LogP contribution is -2.51. The molecule has 32 heavy (non-hydrogen) atoms. The van der Waals surface area contributed by atoms with E-state index >= 15 is 0 Å². The van der Waals surface area contributed by atoms with E-state index in [0.29, 0.717) is 26.2 Å². The summed E-state index contributed by atoms with van der Waals surface area (Å²) < 4.78 is 6.22. The second-order valence-electron chi connectivity index (χ2n) is 8.28. The van der Waals surface area contributed by atoms with E-state index in [1.54, 1.807) is 0 Å². The number of amides is 2. The van der Waals surface area contributed by atoms with E-state index in [9.17, 15) is 4.79 Å². The second kappa shape index (κ2) is 8.38. The molecular formula is C26H26N4O2. The van der Waals surface area contributed by atoms with Crippen LogP contribution in [0.1, 0.15) is 16.7 Å². The summed E-state index contributed by atoms with van der Waals surface area (Å²) in [5, 5.41) is 3.00. The van der Waals surface area contributed by atoms with Gasteiger partial charge in [-0.2, -0.15) is 0 Å². The van der Waals surface area contributed by atoms with Gasteiger partial charge in [0.2, 0.25) is 0 Å². The molecule has 2 heterocycles. The van der Waals surface area contributed by atoms with Crippen LogP contribution in [0.15, 0.2) is 71.7 Å². The third-order valence-electron chi connectivity index (χ3n) is 5.86. The fourth-order valence-corrected chi connectivity index (χ4v) is 4.03. The van der Waals surface area contributed by atoms with Crippen LogP contribution in [0.4, 0.5) is 16.2 Å². The zero-order chi connectivity index (χ0) is 22.1. The quantitative estimate of drug-likeness (QED) is 0.572. The van der Waals surface area contributed by atoms with Gasteiger partial charge in [0, 0.05) is 31.9 Å². The van der Waals surface area contributed by atoms with Crippen LogP contribution in [0.2, 0.25) is 0 Å². The van der Waals surface area contributed by atoms with Crippen molar-refractivity contribution in [2.24, 2.45) is 4.99 Å². The first kappa shape index (κ1) is 20.1. The number of ether oxygens (including phenoxy) is 1. The number of fused-ring (bicyclic) bond motifs is 2. The number of para-hydroxylation sites is 1. The van der Waals surface area contributed by atoms with Crippen molar-refractivity contribution in [2.75, 3.05) is 31.5 Å². The first-order valence-corrected chi connectivity index (χ1v) is 10.9. The molecule has 5 rings (SSSR count). The zero-order valence-electron chi connectivity index (χ0n) is 18.3. The number of hydrogen-bond acceptors (Lipinski definition) is 4. The molecule has 2 amide bonds. The number of benzene rings is 3.